The minimum absolute atomic E-state index is 0.488. The molecule has 0 amide bonds. The van der Waals surface area contributed by atoms with Crippen molar-refractivity contribution in [1.82, 2.24) is 10.1 Å². The van der Waals surface area contributed by atoms with Crippen molar-refractivity contribution < 1.29 is 9.26 Å². The van der Waals surface area contributed by atoms with Gasteiger partial charge in [-0.15, -0.1) is 0 Å². The molecule has 2 aromatic heterocycles. The average molecular weight is 246 g/mol. The lowest BCUT2D eigenvalue weighted by molar-refractivity contribution is 0.301. The summed E-state index contributed by atoms with van der Waals surface area (Å²) in [6.45, 7) is 8.38. The topological polar surface area (TPSA) is 48.2 Å². The predicted molar refractivity (Wildman–Crippen MR) is 68.7 cm³/mol. The molecule has 2 aromatic rings. The molecule has 0 saturated heterocycles. The van der Waals surface area contributed by atoms with Crippen molar-refractivity contribution in [3.8, 4) is 5.75 Å². The summed E-state index contributed by atoms with van der Waals surface area (Å²) in [6, 6.07) is 3.86. The molecule has 0 spiro atoms. The van der Waals surface area contributed by atoms with E-state index < -0.39 is 0 Å². The molecule has 0 aliphatic heterocycles. The van der Waals surface area contributed by atoms with Crippen LogP contribution in [0.4, 0.5) is 0 Å². The van der Waals surface area contributed by atoms with Crippen LogP contribution < -0.4 is 4.74 Å². The summed E-state index contributed by atoms with van der Waals surface area (Å²) in [4.78, 5) is 4.32. The summed E-state index contributed by atoms with van der Waals surface area (Å²) in [5.74, 6) is 1.66. The Balaban J connectivity index is 2.13. The van der Waals surface area contributed by atoms with Crippen LogP contribution in [0.1, 0.15) is 35.3 Å². The molecule has 4 nitrogen and oxygen atoms in total. The molecule has 0 unspecified atom stereocenters. The predicted octanol–water partition coefficient (Wildman–Crippen LogP) is 3.14. The van der Waals surface area contributed by atoms with Crippen molar-refractivity contribution in [3.05, 3.63) is 40.5 Å². The maximum absolute atomic E-state index is 5.80. The summed E-state index contributed by atoms with van der Waals surface area (Å²) >= 11 is 0. The summed E-state index contributed by atoms with van der Waals surface area (Å²) in [6.07, 6.45) is 0.852. The van der Waals surface area contributed by atoms with Crippen LogP contribution in [0.25, 0.3) is 0 Å². The molecule has 0 atom stereocenters. The quantitative estimate of drug-likeness (QED) is 0.831. The Morgan fingerprint density at radius 2 is 1.83 bits per heavy atom. The zero-order valence-electron chi connectivity index (χ0n) is 11.3. The van der Waals surface area contributed by atoms with E-state index in [1.54, 1.807) is 0 Å². The van der Waals surface area contributed by atoms with Crippen LogP contribution in [-0.4, -0.2) is 10.1 Å². The number of aryl methyl sites for hydroxylation is 4. The molecular weight excluding hydrogens is 228 g/mol. The van der Waals surface area contributed by atoms with Crippen molar-refractivity contribution in [2.75, 3.05) is 0 Å². The molecule has 0 radical (unpaired) electrons. The maximum atomic E-state index is 5.80. The summed E-state index contributed by atoms with van der Waals surface area (Å²) < 4.78 is 11.0. The van der Waals surface area contributed by atoms with Gasteiger partial charge in [0.15, 0.2) is 0 Å². The molecule has 0 N–H and O–H groups in total. The second-order valence-electron chi connectivity index (χ2n) is 4.39. The van der Waals surface area contributed by atoms with E-state index in [2.05, 4.69) is 17.1 Å². The van der Waals surface area contributed by atoms with Crippen LogP contribution in [-0.2, 0) is 13.0 Å². The Morgan fingerprint density at radius 3 is 2.44 bits per heavy atom. The summed E-state index contributed by atoms with van der Waals surface area (Å²) in [5.41, 5.74) is 3.94. The molecule has 0 bridgehead atoms. The van der Waals surface area contributed by atoms with Gasteiger partial charge in [-0.25, -0.2) is 0 Å². The lowest BCUT2D eigenvalue weighted by Crippen LogP contribution is -2.00. The van der Waals surface area contributed by atoms with Crippen molar-refractivity contribution in [2.24, 2.45) is 0 Å². The van der Waals surface area contributed by atoms with Crippen molar-refractivity contribution >= 4 is 0 Å². The Kier molecular flexibility index (Phi) is 3.65. The number of ether oxygens (including phenoxy) is 1. The first-order valence-corrected chi connectivity index (χ1v) is 6.12. The lowest BCUT2D eigenvalue weighted by atomic mass is 10.2. The summed E-state index contributed by atoms with van der Waals surface area (Å²) in [5, 5.41) is 4.01. The Labute approximate surface area is 107 Å². The van der Waals surface area contributed by atoms with E-state index >= 15 is 0 Å². The van der Waals surface area contributed by atoms with E-state index in [4.69, 9.17) is 9.26 Å². The standard InChI is InChI=1S/C14H18N2O2/c1-5-14-13(11(4)18-16-14)8-17-12-6-9(2)15-10(3)7-12/h6-7H,5,8H2,1-4H3. The molecule has 18 heavy (non-hydrogen) atoms. The van der Waals surface area contributed by atoms with E-state index in [0.29, 0.717) is 6.61 Å². The normalized spacial score (nSPS) is 10.7. The molecule has 0 aromatic carbocycles. The first kappa shape index (κ1) is 12.6. The van der Waals surface area contributed by atoms with Crippen molar-refractivity contribution in [1.29, 1.82) is 0 Å². The molecule has 2 rings (SSSR count). The summed E-state index contributed by atoms with van der Waals surface area (Å²) in [7, 11) is 0. The van der Waals surface area contributed by atoms with E-state index in [0.717, 1.165) is 40.6 Å². The molecule has 0 saturated carbocycles. The van der Waals surface area contributed by atoms with Gasteiger partial charge in [-0.3, -0.25) is 4.98 Å². The highest BCUT2D eigenvalue weighted by Gasteiger charge is 2.11. The van der Waals surface area contributed by atoms with Gasteiger partial charge in [0.05, 0.1) is 11.3 Å². The molecule has 0 aliphatic carbocycles. The number of hydrogen-bond donors (Lipinski definition) is 0. The van der Waals surface area contributed by atoms with Crippen LogP contribution in [0.3, 0.4) is 0 Å². The highest BCUT2D eigenvalue weighted by atomic mass is 16.5. The molecule has 2 heterocycles. The monoisotopic (exact) mass is 246 g/mol. The fraction of sp³-hybridized carbons (Fsp3) is 0.429. The van der Waals surface area contributed by atoms with Gasteiger partial charge in [-0.05, 0) is 27.2 Å². The average Bonchev–Trinajstić information content (AvgIpc) is 2.66. The van der Waals surface area contributed by atoms with Crippen LogP contribution in [0.5, 0.6) is 5.75 Å². The SMILES string of the molecule is CCc1noc(C)c1COc1cc(C)nc(C)c1. The van der Waals surface area contributed by atoms with Crippen molar-refractivity contribution in [3.63, 3.8) is 0 Å². The second-order valence-corrected chi connectivity index (χ2v) is 4.39. The van der Waals surface area contributed by atoms with Crippen LogP contribution in [0.2, 0.25) is 0 Å². The third-order valence-corrected chi connectivity index (χ3v) is 2.84. The van der Waals surface area contributed by atoms with Gasteiger partial charge in [0.2, 0.25) is 0 Å². The minimum Gasteiger partial charge on any atom is -0.489 e. The molecule has 4 heteroatoms. The number of rotatable bonds is 4. The van der Waals surface area contributed by atoms with Gasteiger partial charge in [0, 0.05) is 23.5 Å². The largest absolute Gasteiger partial charge is 0.489 e. The number of nitrogens with zero attached hydrogens (tertiary/aromatic N) is 2. The zero-order chi connectivity index (χ0) is 13.1. The fourth-order valence-electron chi connectivity index (χ4n) is 1.93. The molecular formula is C14H18N2O2. The Hall–Kier alpha value is -1.84. The van der Waals surface area contributed by atoms with Gasteiger partial charge >= 0.3 is 0 Å². The minimum atomic E-state index is 0.488. The van der Waals surface area contributed by atoms with Crippen LogP contribution in [0.15, 0.2) is 16.7 Å². The number of hydrogen-bond acceptors (Lipinski definition) is 4. The van der Waals surface area contributed by atoms with Crippen molar-refractivity contribution in [2.45, 2.75) is 40.7 Å². The highest BCUT2D eigenvalue weighted by Crippen LogP contribution is 2.19. The smallest absolute Gasteiger partial charge is 0.140 e. The van der Waals surface area contributed by atoms with E-state index in [1.807, 2.05) is 32.9 Å². The van der Waals surface area contributed by atoms with Gasteiger partial charge in [-0.1, -0.05) is 12.1 Å². The zero-order valence-corrected chi connectivity index (χ0v) is 11.3. The Bertz CT molecular complexity index is 526. The van der Waals surface area contributed by atoms with Gasteiger partial charge < -0.3 is 9.26 Å². The third-order valence-electron chi connectivity index (χ3n) is 2.84. The van der Waals surface area contributed by atoms with Crippen LogP contribution >= 0.6 is 0 Å². The molecule has 0 fully saturated rings. The maximum Gasteiger partial charge on any atom is 0.140 e. The third kappa shape index (κ3) is 2.70. The lowest BCUT2D eigenvalue weighted by Gasteiger charge is -2.07. The van der Waals surface area contributed by atoms with E-state index in [9.17, 15) is 0 Å². The fourth-order valence-corrected chi connectivity index (χ4v) is 1.93. The highest BCUT2D eigenvalue weighted by molar-refractivity contribution is 5.27. The Morgan fingerprint density at radius 1 is 1.17 bits per heavy atom. The van der Waals surface area contributed by atoms with Crippen LogP contribution in [0, 0.1) is 20.8 Å². The van der Waals surface area contributed by atoms with E-state index in [-0.39, 0.29) is 0 Å². The molecule has 96 valence electrons. The number of pyridine rings is 1. The van der Waals surface area contributed by atoms with Gasteiger partial charge in [0.25, 0.3) is 0 Å². The second kappa shape index (κ2) is 5.21. The van der Waals surface area contributed by atoms with Gasteiger partial charge in [0.1, 0.15) is 18.1 Å². The van der Waals surface area contributed by atoms with Gasteiger partial charge in [-0.2, -0.15) is 0 Å². The first-order chi connectivity index (χ1) is 8.60. The van der Waals surface area contributed by atoms with E-state index in [1.165, 1.54) is 0 Å². The first-order valence-electron chi connectivity index (χ1n) is 6.12. The molecule has 0 aliphatic rings. The number of aromatic nitrogens is 2.